The Morgan fingerprint density at radius 3 is 1.58 bits per heavy atom. The normalized spacial score (nSPS) is 10.9. The van der Waals surface area contributed by atoms with E-state index in [0.29, 0.717) is 12.0 Å². The summed E-state index contributed by atoms with van der Waals surface area (Å²) >= 11 is 1.56. The van der Waals surface area contributed by atoms with Gasteiger partial charge in [0.25, 0.3) is 5.91 Å². The number of rotatable bonds is 21. The van der Waals surface area contributed by atoms with Crippen molar-refractivity contribution >= 4 is 23.6 Å². The summed E-state index contributed by atoms with van der Waals surface area (Å²) in [7, 11) is 0. The minimum atomic E-state index is -0.210. The maximum Gasteiger partial charge on any atom is 0.252 e. The molecule has 0 bridgehead atoms. The number of aromatic hydroxyl groups is 1. The van der Waals surface area contributed by atoms with Gasteiger partial charge in [0.05, 0.1) is 6.67 Å². The average Bonchev–Trinajstić information content (AvgIpc) is 2.92. The van der Waals surface area contributed by atoms with Gasteiger partial charge in [0, 0.05) is 21.8 Å². The van der Waals surface area contributed by atoms with Crippen molar-refractivity contribution in [2.75, 3.05) is 6.67 Å². The van der Waals surface area contributed by atoms with Crippen molar-refractivity contribution in [2.45, 2.75) is 119 Å². The molecule has 6 heteroatoms. The van der Waals surface area contributed by atoms with Crippen LogP contribution < -0.4 is 10.6 Å². The van der Waals surface area contributed by atoms with Gasteiger partial charge < -0.3 is 15.7 Å². The summed E-state index contributed by atoms with van der Waals surface area (Å²) in [6.45, 7) is 2.41. The molecule has 210 valence electrons. The number of carbonyl (C=O) groups is 2. The number of hydrogen-bond acceptors (Lipinski definition) is 4. The van der Waals surface area contributed by atoms with Crippen LogP contribution in [0, 0.1) is 0 Å². The molecule has 0 aliphatic rings. The lowest BCUT2D eigenvalue weighted by atomic mass is 10.0. The number of hydrogen-bond donors (Lipinski definition) is 3. The number of phenols is 1. The van der Waals surface area contributed by atoms with Gasteiger partial charge in [-0.2, -0.15) is 0 Å². The van der Waals surface area contributed by atoms with Crippen LogP contribution >= 0.6 is 11.8 Å². The minimum absolute atomic E-state index is 0.0133. The highest BCUT2D eigenvalue weighted by atomic mass is 32.2. The maximum atomic E-state index is 12.3. The second-order valence-electron chi connectivity index (χ2n) is 10.1. The van der Waals surface area contributed by atoms with Crippen LogP contribution in [0.3, 0.4) is 0 Å². The fourth-order valence-corrected chi connectivity index (χ4v) is 5.21. The zero-order chi connectivity index (χ0) is 27.3. The predicted octanol–water partition coefficient (Wildman–Crippen LogP) is 8.61. The Hall–Kier alpha value is -2.47. The molecule has 0 saturated heterocycles. The van der Waals surface area contributed by atoms with E-state index in [4.69, 9.17) is 0 Å². The summed E-state index contributed by atoms with van der Waals surface area (Å²) in [4.78, 5) is 26.4. The highest BCUT2D eigenvalue weighted by molar-refractivity contribution is 7.99. The summed E-state index contributed by atoms with van der Waals surface area (Å²) in [5.41, 5.74) is 0.553. The molecule has 0 saturated carbocycles. The van der Waals surface area contributed by atoms with Crippen molar-refractivity contribution in [1.82, 2.24) is 10.6 Å². The third kappa shape index (κ3) is 15.1. The fourth-order valence-electron chi connectivity index (χ4n) is 4.39. The Balaban J connectivity index is 1.42. The van der Waals surface area contributed by atoms with E-state index in [9.17, 15) is 14.7 Å². The van der Waals surface area contributed by atoms with E-state index < -0.39 is 0 Å². The summed E-state index contributed by atoms with van der Waals surface area (Å²) < 4.78 is 0. The van der Waals surface area contributed by atoms with E-state index in [1.54, 1.807) is 36.0 Å². The second kappa shape index (κ2) is 20.5. The van der Waals surface area contributed by atoms with Crippen molar-refractivity contribution in [3.63, 3.8) is 0 Å². The maximum absolute atomic E-state index is 12.3. The SMILES string of the molecule is CCCCCCCCCCCCCCCCCC(=O)NCNC(=O)c1ccc(Sc2ccc(O)cc2)cc1. The Bertz CT molecular complexity index is 900. The van der Waals surface area contributed by atoms with E-state index in [0.717, 1.165) is 22.6 Å². The summed E-state index contributed by atoms with van der Waals surface area (Å²) in [6.07, 6.45) is 20.1. The quantitative estimate of drug-likeness (QED) is 0.109. The molecule has 0 heterocycles. The number of amides is 2. The van der Waals surface area contributed by atoms with Gasteiger partial charge in [-0.3, -0.25) is 9.59 Å². The fraction of sp³-hybridized carbons (Fsp3) is 0.562. The van der Waals surface area contributed by atoms with Crippen molar-refractivity contribution in [3.05, 3.63) is 54.1 Å². The second-order valence-corrected chi connectivity index (χ2v) is 11.2. The Morgan fingerprint density at radius 2 is 1.08 bits per heavy atom. The molecule has 0 aliphatic carbocycles. The standard InChI is InChI=1S/C32H48N2O3S/c1-2-3-4-5-6-7-8-9-10-11-12-13-14-15-16-17-31(36)33-26-34-32(37)27-18-22-29(23-19-27)38-30-24-20-28(35)21-25-30/h18-25,35H,2-17,26H2,1H3,(H,33,36)(H,34,37). The van der Waals surface area contributed by atoms with E-state index >= 15 is 0 Å². The molecule has 0 unspecified atom stereocenters. The van der Waals surface area contributed by atoms with Crippen LogP contribution in [-0.2, 0) is 4.79 Å². The summed E-state index contributed by atoms with van der Waals surface area (Å²) in [5.74, 6) is 0.0161. The summed E-state index contributed by atoms with van der Waals surface area (Å²) in [5, 5.41) is 14.9. The molecule has 0 aromatic heterocycles. The van der Waals surface area contributed by atoms with Crippen LogP contribution in [0.2, 0.25) is 0 Å². The monoisotopic (exact) mass is 540 g/mol. The van der Waals surface area contributed by atoms with Crippen LogP contribution in [0.25, 0.3) is 0 Å². The van der Waals surface area contributed by atoms with Gasteiger partial charge in [0.2, 0.25) is 5.91 Å². The van der Waals surface area contributed by atoms with Crippen molar-refractivity contribution < 1.29 is 14.7 Å². The lowest BCUT2D eigenvalue weighted by Gasteiger charge is -2.08. The van der Waals surface area contributed by atoms with Gasteiger partial charge >= 0.3 is 0 Å². The molecule has 2 rings (SSSR count). The topological polar surface area (TPSA) is 78.4 Å². The van der Waals surface area contributed by atoms with Crippen LogP contribution in [0.1, 0.15) is 120 Å². The Kier molecular flexibility index (Phi) is 17.1. The zero-order valence-electron chi connectivity index (χ0n) is 23.3. The lowest BCUT2D eigenvalue weighted by Crippen LogP contribution is -2.37. The van der Waals surface area contributed by atoms with Crippen LogP contribution in [0.5, 0.6) is 5.75 Å². The molecule has 0 aliphatic heterocycles. The third-order valence-electron chi connectivity index (χ3n) is 6.73. The van der Waals surface area contributed by atoms with E-state index in [1.165, 1.54) is 83.5 Å². The largest absolute Gasteiger partial charge is 0.508 e. The van der Waals surface area contributed by atoms with Crippen LogP contribution in [0.15, 0.2) is 58.3 Å². The number of nitrogens with one attached hydrogen (secondary N) is 2. The van der Waals surface area contributed by atoms with Crippen LogP contribution in [0.4, 0.5) is 0 Å². The van der Waals surface area contributed by atoms with Crippen LogP contribution in [-0.4, -0.2) is 23.6 Å². The minimum Gasteiger partial charge on any atom is -0.508 e. The van der Waals surface area contributed by atoms with Crippen molar-refractivity contribution in [2.24, 2.45) is 0 Å². The first-order chi connectivity index (χ1) is 18.6. The smallest absolute Gasteiger partial charge is 0.252 e. The van der Waals surface area contributed by atoms with Crippen molar-refractivity contribution in [1.29, 1.82) is 0 Å². The summed E-state index contributed by atoms with van der Waals surface area (Å²) in [6, 6.07) is 14.3. The van der Waals surface area contributed by atoms with Gasteiger partial charge in [-0.1, -0.05) is 109 Å². The molecule has 5 nitrogen and oxygen atoms in total. The highest BCUT2D eigenvalue weighted by Gasteiger charge is 2.07. The lowest BCUT2D eigenvalue weighted by molar-refractivity contribution is -0.121. The molecule has 38 heavy (non-hydrogen) atoms. The number of phenolic OH excluding ortho intramolecular Hbond substituents is 1. The highest BCUT2D eigenvalue weighted by Crippen LogP contribution is 2.28. The molecular formula is C32H48N2O3S. The van der Waals surface area contributed by atoms with Gasteiger partial charge in [0.15, 0.2) is 0 Å². The molecule has 2 aromatic rings. The van der Waals surface area contributed by atoms with E-state index in [2.05, 4.69) is 17.6 Å². The molecule has 0 fully saturated rings. The number of unbranched alkanes of at least 4 members (excludes halogenated alkanes) is 14. The van der Waals surface area contributed by atoms with Gasteiger partial charge in [-0.25, -0.2) is 0 Å². The van der Waals surface area contributed by atoms with E-state index in [1.807, 2.05) is 24.3 Å². The average molecular weight is 541 g/mol. The first-order valence-corrected chi connectivity index (χ1v) is 15.5. The van der Waals surface area contributed by atoms with Gasteiger partial charge in [0.1, 0.15) is 5.75 Å². The zero-order valence-corrected chi connectivity index (χ0v) is 24.1. The predicted molar refractivity (Wildman–Crippen MR) is 159 cm³/mol. The molecule has 2 amide bonds. The Morgan fingerprint density at radius 1 is 0.632 bits per heavy atom. The molecule has 2 aromatic carbocycles. The number of carbonyl (C=O) groups excluding carboxylic acids is 2. The first-order valence-electron chi connectivity index (χ1n) is 14.7. The van der Waals surface area contributed by atoms with Gasteiger partial charge in [-0.15, -0.1) is 0 Å². The van der Waals surface area contributed by atoms with E-state index in [-0.39, 0.29) is 24.2 Å². The van der Waals surface area contributed by atoms with Crippen molar-refractivity contribution in [3.8, 4) is 5.75 Å². The first kappa shape index (κ1) is 31.7. The molecule has 3 N–H and O–H groups in total. The molecule has 0 atom stereocenters. The molecular weight excluding hydrogens is 492 g/mol. The Labute approximate surface area is 234 Å². The molecule has 0 radical (unpaired) electrons. The number of benzene rings is 2. The third-order valence-corrected chi connectivity index (χ3v) is 7.75. The van der Waals surface area contributed by atoms with Gasteiger partial charge in [-0.05, 0) is 55.0 Å². The molecule has 0 spiro atoms.